The van der Waals surface area contributed by atoms with E-state index in [1.54, 1.807) is 0 Å². The van der Waals surface area contributed by atoms with Crippen molar-refractivity contribution in [2.45, 2.75) is 0 Å². The summed E-state index contributed by atoms with van der Waals surface area (Å²) in [6.45, 7) is 2.68. The van der Waals surface area contributed by atoms with Gasteiger partial charge in [0.05, 0.1) is 24.6 Å². The Labute approximate surface area is 250 Å². The Morgan fingerprint density at radius 1 is 0.872 bits per heavy atom. The molecule has 7 nitrogen and oxygen atoms in total. The molecule has 4 aromatic rings. The second kappa shape index (κ2) is 12.2. The van der Waals surface area contributed by atoms with Gasteiger partial charge < -0.3 is 14.5 Å². The summed E-state index contributed by atoms with van der Waals surface area (Å²) in [7, 11) is 0. The number of thioether (sulfide) groups is 1. The first-order valence-corrected chi connectivity index (χ1v) is 13.9. The number of ether oxygens (including phenoxy) is 1. The minimum absolute atomic E-state index is 0. The lowest BCUT2D eigenvalue weighted by Gasteiger charge is -2.28. The number of morpholine rings is 1. The molecule has 0 spiro atoms. The van der Waals surface area contributed by atoms with E-state index < -0.39 is 0 Å². The topological polar surface area (TPSA) is 70.2 Å². The predicted molar refractivity (Wildman–Crippen MR) is 166 cm³/mol. The number of allylic oxidation sites excluding steroid dienone is 1. The Kier molecular flexibility index (Phi) is 8.53. The highest BCUT2D eigenvalue weighted by atomic mass is 79.9. The van der Waals surface area contributed by atoms with E-state index in [0.29, 0.717) is 43.6 Å². The maximum Gasteiger partial charge on any atom is 0.232 e. The Bertz CT molecular complexity index is 1540. The number of anilines is 2. The van der Waals surface area contributed by atoms with E-state index in [1.807, 2.05) is 65.2 Å². The van der Waals surface area contributed by atoms with Gasteiger partial charge >= 0.3 is 0 Å². The van der Waals surface area contributed by atoms with Gasteiger partial charge in [-0.25, -0.2) is 0 Å². The summed E-state index contributed by atoms with van der Waals surface area (Å²) >= 11 is 5.06. The van der Waals surface area contributed by atoms with Crippen LogP contribution in [0, 0.1) is 11.3 Å². The summed E-state index contributed by atoms with van der Waals surface area (Å²) in [5.74, 6) is 1.22. The van der Waals surface area contributed by atoms with Crippen molar-refractivity contribution in [3.8, 4) is 11.8 Å². The minimum atomic E-state index is 0. The van der Waals surface area contributed by atoms with E-state index in [-0.39, 0.29) is 17.0 Å². The van der Waals surface area contributed by atoms with Crippen LogP contribution in [-0.4, -0.2) is 41.1 Å². The van der Waals surface area contributed by atoms with Crippen LogP contribution in [0.4, 0.5) is 11.6 Å². The molecular formula is C29H24Br2N6OS. The molecule has 0 amide bonds. The molecule has 3 aromatic carbocycles. The molecule has 0 unspecified atom stereocenters. The van der Waals surface area contributed by atoms with Crippen LogP contribution < -0.4 is 9.80 Å². The Balaban J connectivity index is 0.00000308. The van der Waals surface area contributed by atoms with E-state index in [1.165, 1.54) is 11.8 Å². The van der Waals surface area contributed by atoms with Crippen molar-refractivity contribution in [2.24, 2.45) is 0 Å². The van der Waals surface area contributed by atoms with E-state index in [4.69, 9.17) is 4.74 Å². The molecule has 1 fully saturated rings. The normalized spacial score (nSPS) is 16.4. The fraction of sp³-hybridized carbons (Fsp3) is 0.138. The van der Waals surface area contributed by atoms with Crippen molar-refractivity contribution in [2.75, 3.05) is 36.1 Å². The highest BCUT2D eigenvalue weighted by Crippen LogP contribution is 2.46. The fourth-order valence-corrected chi connectivity index (χ4v) is 5.86. The van der Waals surface area contributed by atoms with E-state index in [0.717, 1.165) is 32.1 Å². The molecule has 6 rings (SSSR count). The summed E-state index contributed by atoms with van der Waals surface area (Å²) < 4.78 is 8.56. The van der Waals surface area contributed by atoms with Crippen molar-refractivity contribution in [1.82, 2.24) is 14.8 Å². The third-order valence-electron chi connectivity index (χ3n) is 6.38. The van der Waals surface area contributed by atoms with Crippen LogP contribution in [-0.2, 0) is 4.74 Å². The lowest BCUT2D eigenvalue weighted by atomic mass is 10.1. The van der Waals surface area contributed by atoms with Gasteiger partial charge in [0, 0.05) is 28.7 Å². The summed E-state index contributed by atoms with van der Waals surface area (Å²) in [5.41, 5.74) is 4.37. The summed E-state index contributed by atoms with van der Waals surface area (Å²) in [6.07, 6.45) is 0. The largest absolute Gasteiger partial charge is 0.378 e. The summed E-state index contributed by atoms with van der Waals surface area (Å²) in [5, 5.41) is 22.7. The Morgan fingerprint density at radius 3 is 2.15 bits per heavy atom. The van der Waals surface area contributed by atoms with Crippen LogP contribution in [0.5, 0.6) is 0 Å². The van der Waals surface area contributed by atoms with Gasteiger partial charge in [-0.15, -0.1) is 27.2 Å². The standard InChI is InChI=1S/C29H23BrN6OS.BrH/c30-22-13-11-21(12-14-22)26-20-38-28(35(26)23-7-3-1-4-8-23)25(19-31)27-32-33-29(34-15-17-37-18-16-34)36(27)24-9-5-2-6-10-24;/h1-14,20H,15-18H2;1H. The molecular weight excluding hydrogens is 640 g/mol. The summed E-state index contributed by atoms with van der Waals surface area (Å²) in [4.78, 5) is 4.29. The molecule has 2 aliphatic rings. The van der Waals surface area contributed by atoms with Crippen molar-refractivity contribution in [3.63, 3.8) is 0 Å². The molecule has 1 aromatic heterocycles. The molecule has 0 aliphatic carbocycles. The van der Waals surface area contributed by atoms with Gasteiger partial charge in [-0.1, -0.05) is 76.2 Å². The third kappa shape index (κ3) is 5.40. The van der Waals surface area contributed by atoms with Crippen LogP contribution >= 0.6 is 44.7 Å². The zero-order valence-corrected chi connectivity index (χ0v) is 24.9. The average Bonchev–Trinajstić information content (AvgIpc) is 3.61. The number of hydrogen-bond donors (Lipinski definition) is 0. The van der Waals surface area contributed by atoms with E-state index in [9.17, 15) is 5.26 Å². The molecule has 0 bridgehead atoms. The highest BCUT2D eigenvalue weighted by Gasteiger charge is 2.31. The molecule has 196 valence electrons. The molecule has 0 N–H and O–H groups in total. The molecule has 0 saturated carbocycles. The van der Waals surface area contributed by atoms with Gasteiger partial charge in [0.15, 0.2) is 5.82 Å². The quantitative estimate of drug-likeness (QED) is 0.216. The molecule has 39 heavy (non-hydrogen) atoms. The highest BCUT2D eigenvalue weighted by molar-refractivity contribution is 9.10. The first-order valence-electron chi connectivity index (χ1n) is 12.2. The average molecular weight is 664 g/mol. The first kappa shape index (κ1) is 27.2. The van der Waals surface area contributed by atoms with Crippen LogP contribution in [0.3, 0.4) is 0 Å². The molecule has 1 saturated heterocycles. The van der Waals surface area contributed by atoms with Crippen molar-refractivity contribution in [1.29, 1.82) is 5.26 Å². The predicted octanol–water partition coefficient (Wildman–Crippen LogP) is 6.89. The number of nitriles is 1. The number of rotatable bonds is 5. The molecule has 0 atom stereocenters. The van der Waals surface area contributed by atoms with Crippen LogP contribution in [0.25, 0.3) is 17.0 Å². The van der Waals surface area contributed by atoms with Crippen LogP contribution in [0.15, 0.2) is 99.8 Å². The molecule has 3 heterocycles. The van der Waals surface area contributed by atoms with Gasteiger partial charge in [0.25, 0.3) is 0 Å². The lowest BCUT2D eigenvalue weighted by Crippen LogP contribution is -2.38. The minimum Gasteiger partial charge on any atom is -0.378 e. The lowest BCUT2D eigenvalue weighted by molar-refractivity contribution is 0.122. The van der Waals surface area contributed by atoms with Gasteiger partial charge in [0.1, 0.15) is 16.7 Å². The summed E-state index contributed by atoms with van der Waals surface area (Å²) in [6, 6.07) is 30.7. The van der Waals surface area contributed by atoms with Crippen molar-refractivity contribution in [3.05, 3.63) is 111 Å². The number of hydrogen-bond acceptors (Lipinski definition) is 7. The zero-order chi connectivity index (χ0) is 25.9. The maximum atomic E-state index is 10.6. The van der Waals surface area contributed by atoms with Crippen LogP contribution in [0.1, 0.15) is 11.4 Å². The zero-order valence-electron chi connectivity index (χ0n) is 20.8. The monoisotopic (exact) mass is 662 g/mol. The molecule has 2 aliphatic heterocycles. The number of halogens is 2. The first-order chi connectivity index (χ1) is 18.7. The smallest absolute Gasteiger partial charge is 0.232 e. The Morgan fingerprint density at radius 2 is 1.51 bits per heavy atom. The van der Waals surface area contributed by atoms with Crippen molar-refractivity contribution < 1.29 is 4.74 Å². The third-order valence-corrected chi connectivity index (χ3v) is 7.86. The second-order valence-corrected chi connectivity index (χ2v) is 10.5. The number of benzene rings is 3. The van der Waals surface area contributed by atoms with Crippen molar-refractivity contribution >= 4 is 67.6 Å². The van der Waals surface area contributed by atoms with E-state index >= 15 is 0 Å². The van der Waals surface area contributed by atoms with Crippen LogP contribution in [0.2, 0.25) is 0 Å². The van der Waals surface area contributed by atoms with E-state index in [2.05, 4.69) is 71.7 Å². The SMILES string of the molecule is Br.N#CC(=C1SC=C(c2ccc(Br)cc2)N1c1ccccc1)c1nnc(N2CCOCC2)n1-c1ccccc1. The maximum absolute atomic E-state index is 10.6. The number of nitrogens with zero attached hydrogens (tertiary/aromatic N) is 6. The fourth-order valence-electron chi connectivity index (χ4n) is 4.56. The van der Waals surface area contributed by atoms with Gasteiger partial charge in [-0.3, -0.25) is 4.57 Å². The molecule has 10 heteroatoms. The van der Waals surface area contributed by atoms with Gasteiger partial charge in [0.2, 0.25) is 5.95 Å². The second-order valence-electron chi connectivity index (χ2n) is 8.68. The number of para-hydroxylation sites is 2. The Hall–Kier alpha value is -3.36. The van der Waals surface area contributed by atoms with Gasteiger partial charge in [-0.2, -0.15) is 5.26 Å². The molecule has 0 radical (unpaired) electrons. The van der Waals surface area contributed by atoms with Gasteiger partial charge in [-0.05, 0) is 42.0 Å². The number of aromatic nitrogens is 3.